The molecule has 1 atom stereocenters. The van der Waals surface area contributed by atoms with Gasteiger partial charge in [-0.15, -0.1) is 0 Å². The molecule has 1 saturated heterocycles. The predicted octanol–water partition coefficient (Wildman–Crippen LogP) is 6.34. The number of cyclic esters (lactones) is 1. The number of hydrogen-bond donors (Lipinski definition) is 0. The molecule has 0 bridgehead atoms. The van der Waals surface area contributed by atoms with Crippen molar-refractivity contribution in [1.29, 1.82) is 0 Å². The molecule has 9 nitrogen and oxygen atoms in total. The van der Waals surface area contributed by atoms with Gasteiger partial charge in [-0.05, 0) is 61.1 Å². The molecule has 2 aromatic rings. The molecule has 2 aliphatic heterocycles. The summed E-state index contributed by atoms with van der Waals surface area (Å²) in [6.45, 7) is 7.47. The fourth-order valence-corrected chi connectivity index (χ4v) is 7.82. The number of amides is 1. The molecule has 5 rings (SSSR count). The highest BCUT2D eigenvalue weighted by atomic mass is 32.2. The molecule has 2 heterocycles. The smallest absolute Gasteiger partial charge is 0.410 e. The van der Waals surface area contributed by atoms with Crippen LogP contribution in [0.5, 0.6) is 5.75 Å². The van der Waals surface area contributed by atoms with Crippen molar-refractivity contribution >= 4 is 15.9 Å². The minimum Gasteiger partial charge on any atom is -0.463 e. The van der Waals surface area contributed by atoms with Gasteiger partial charge in [0, 0.05) is 32.6 Å². The van der Waals surface area contributed by atoms with Gasteiger partial charge in [-0.25, -0.2) is 13.2 Å². The number of ether oxygens (including phenoxy) is 5. The van der Waals surface area contributed by atoms with E-state index in [0.29, 0.717) is 51.0 Å². The van der Waals surface area contributed by atoms with Gasteiger partial charge in [0.05, 0.1) is 43.1 Å². The van der Waals surface area contributed by atoms with E-state index in [2.05, 4.69) is 0 Å². The number of nitrogens with zero attached hydrogens (tertiary/aromatic N) is 1. The molecule has 2 fully saturated rings. The van der Waals surface area contributed by atoms with Crippen LogP contribution in [-0.4, -0.2) is 63.4 Å². The van der Waals surface area contributed by atoms with E-state index in [-0.39, 0.29) is 17.4 Å². The van der Waals surface area contributed by atoms with Gasteiger partial charge >= 0.3 is 6.09 Å². The van der Waals surface area contributed by atoms with E-state index in [4.69, 9.17) is 23.7 Å². The van der Waals surface area contributed by atoms with Gasteiger partial charge < -0.3 is 28.6 Å². The van der Waals surface area contributed by atoms with Crippen molar-refractivity contribution in [2.24, 2.45) is 0 Å². The Morgan fingerprint density at radius 1 is 0.953 bits per heavy atom. The summed E-state index contributed by atoms with van der Waals surface area (Å²) < 4.78 is 54.4. The maximum Gasteiger partial charge on any atom is 0.410 e. The van der Waals surface area contributed by atoms with Crippen LogP contribution in [0.4, 0.5) is 4.79 Å². The van der Waals surface area contributed by atoms with Gasteiger partial charge in [0.15, 0.2) is 9.84 Å². The highest BCUT2D eigenvalue weighted by Gasteiger charge is 2.34. The van der Waals surface area contributed by atoms with Crippen LogP contribution in [-0.2, 0) is 42.0 Å². The van der Waals surface area contributed by atoms with E-state index >= 15 is 0 Å². The second-order valence-electron chi connectivity index (χ2n) is 12.2. The molecule has 0 N–H and O–H groups in total. The molecule has 0 radical (unpaired) electrons. The molecule has 10 heteroatoms. The van der Waals surface area contributed by atoms with Crippen LogP contribution in [0, 0.1) is 0 Å². The predicted molar refractivity (Wildman–Crippen MR) is 162 cm³/mol. The van der Waals surface area contributed by atoms with Gasteiger partial charge in [0.25, 0.3) is 0 Å². The van der Waals surface area contributed by atoms with E-state index in [1.54, 1.807) is 23.1 Å². The van der Waals surface area contributed by atoms with Crippen molar-refractivity contribution in [2.45, 2.75) is 100 Å². The molecule has 1 aliphatic carbocycles. The molecule has 2 aromatic carbocycles. The van der Waals surface area contributed by atoms with Crippen molar-refractivity contribution in [3.05, 3.63) is 59.2 Å². The Bertz CT molecular complexity index is 1340. The van der Waals surface area contributed by atoms with Crippen LogP contribution in [0.1, 0.15) is 88.0 Å². The third kappa shape index (κ3) is 8.50. The highest BCUT2D eigenvalue weighted by Crippen LogP contribution is 2.35. The molecular weight excluding hydrogens is 570 g/mol. The van der Waals surface area contributed by atoms with E-state index < -0.39 is 15.6 Å². The fraction of sp³-hybridized carbons (Fsp3) is 0.606. The number of sulfone groups is 1. The van der Waals surface area contributed by atoms with Crippen LogP contribution in [0.3, 0.4) is 0 Å². The summed E-state index contributed by atoms with van der Waals surface area (Å²) in [4.78, 5) is 14.6. The van der Waals surface area contributed by atoms with Crippen molar-refractivity contribution in [3.8, 4) is 5.75 Å². The number of carbonyl (C=O) groups is 1. The van der Waals surface area contributed by atoms with Gasteiger partial charge in [-0.2, -0.15) is 0 Å². The largest absolute Gasteiger partial charge is 0.463 e. The van der Waals surface area contributed by atoms with Crippen molar-refractivity contribution in [3.63, 3.8) is 0 Å². The first-order chi connectivity index (χ1) is 20.7. The number of unbranched alkanes of at least 4 members (excludes halogenated alkanes) is 3. The molecule has 1 unspecified atom stereocenters. The Kier molecular flexibility index (Phi) is 10.6. The van der Waals surface area contributed by atoms with Crippen LogP contribution < -0.4 is 4.74 Å². The van der Waals surface area contributed by atoms with E-state index in [1.807, 2.05) is 38.1 Å². The Balaban J connectivity index is 0.907. The van der Waals surface area contributed by atoms with Crippen LogP contribution >= 0.6 is 0 Å². The Labute approximate surface area is 255 Å². The summed E-state index contributed by atoms with van der Waals surface area (Å²) in [6.07, 6.45) is 6.86. The third-order valence-corrected chi connectivity index (χ3v) is 10.6. The molecule has 43 heavy (non-hydrogen) atoms. The van der Waals surface area contributed by atoms with Crippen molar-refractivity contribution in [1.82, 2.24) is 4.90 Å². The normalized spacial score (nSPS) is 20.2. The number of hydrogen-bond acceptors (Lipinski definition) is 8. The summed E-state index contributed by atoms with van der Waals surface area (Å²) in [5, 5.41) is -0.244. The zero-order valence-corrected chi connectivity index (χ0v) is 26.2. The molecule has 0 spiro atoms. The first-order valence-electron chi connectivity index (χ1n) is 15.6. The fourth-order valence-electron chi connectivity index (χ4n) is 5.90. The van der Waals surface area contributed by atoms with E-state index in [1.165, 1.54) is 0 Å². The van der Waals surface area contributed by atoms with Crippen molar-refractivity contribution in [2.75, 3.05) is 32.9 Å². The lowest BCUT2D eigenvalue weighted by molar-refractivity contribution is -0.180. The Hall–Kier alpha value is -2.66. The zero-order valence-electron chi connectivity index (χ0n) is 25.4. The lowest BCUT2D eigenvalue weighted by atomic mass is 10.0. The van der Waals surface area contributed by atoms with Gasteiger partial charge in [-0.1, -0.05) is 43.9 Å². The van der Waals surface area contributed by atoms with Gasteiger partial charge in [0.2, 0.25) is 5.79 Å². The molecule has 0 aromatic heterocycles. The minimum absolute atomic E-state index is 0.244. The summed E-state index contributed by atoms with van der Waals surface area (Å²) in [7, 11) is -3.25. The quantitative estimate of drug-likeness (QED) is 0.214. The standard InChI is InChI=1S/C33H45NO8S/c1-33(2)40-24-27-21-26(14-15-30(27)42-33)31-22-34(32(35)41-31)16-7-3-4-8-17-38-18-19-39-23-25-10-9-13-29(20-25)43(36,37)28-11-5-6-12-28/h9-10,13-15,20-21,28,31H,3-8,11-12,16-19,22-24H2,1-2H3. The Morgan fingerprint density at radius 2 is 1.74 bits per heavy atom. The highest BCUT2D eigenvalue weighted by molar-refractivity contribution is 7.92. The second-order valence-corrected chi connectivity index (χ2v) is 14.4. The second kappa shape index (κ2) is 14.4. The van der Waals surface area contributed by atoms with E-state index in [0.717, 1.165) is 73.8 Å². The summed E-state index contributed by atoms with van der Waals surface area (Å²) in [6, 6.07) is 13.0. The average molecular weight is 616 g/mol. The zero-order chi connectivity index (χ0) is 30.3. The Morgan fingerprint density at radius 3 is 2.58 bits per heavy atom. The van der Waals surface area contributed by atoms with E-state index in [9.17, 15) is 13.2 Å². The molecule has 1 amide bonds. The number of fused-ring (bicyclic) bond motifs is 1. The molecular formula is C33H45NO8S. The molecule has 1 saturated carbocycles. The number of rotatable bonds is 15. The summed E-state index contributed by atoms with van der Waals surface area (Å²) >= 11 is 0. The van der Waals surface area contributed by atoms with Crippen molar-refractivity contribution < 1.29 is 36.9 Å². The maximum absolute atomic E-state index is 12.8. The van der Waals surface area contributed by atoms with Crippen LogP contribution in [0.2, 0.25) is 0 Å². The lowest BCUT2D eigenvalue weighted by Gasteiger charge is -2.32. The first-order valence-corrected chi connectivity index (χ1v) is 17.2. The SMILES string of the molecule is CC1(C)OCc2cc(C3CN(CCCCCCOCCOCc4cccc(S(=O)(=O)C5CCCC5)c4)C(=O)O3)ccc2O1. The van der Waals surface area contributed by atoms with Crippen LogP contribution in [0.25, 0.3) is 0 Å². The first kappa shape index (κ1) is 31.8. The molecule has 3 aliphatic rings. The maximum atomic E-state index is 12.8. The summed E-state index contributed by atoms with van der Waals surface area (Å²) in [5.74, 6) is 0.177. The minimum atomic E-state index is -3.25. The number of benzene rings is 2. The van der Waals surface area contributed by atoms with Crippen LogP contribution in [0.15, 0.2) is 47.4 Å². The average Bonchev–Trinajstić information content (AvgIpc) is 3.66. The van der Waals surface area contributed by atoms with Gasteiger partial charge in [0.1, 0.15) is 11.9 Å². The lowest BCUT2D eigenvalue weighted by Crippen LogP contribution is -2.35. The third-order valence-electron chi connectivity index (χ3n) is 8.35. The summed E-state index contributed by atoms with van der Waals surface area (Å²) in [5.41, 5.74) is 2.80. The molecule has 236 valence electrons. The topological polar surface area (TPSA) is 101 Å². The number of carbonyl (C=O) groups excluding carboxylic acids is 1. The van der Waals surface area contributed by atoms with Gasteiger partial charge in [-0.3, -0.25) is 0 Å². The monoisotopic (exact) mass is 615 g/mol.